The van der Waals surface area contributed by atoms with E-state index in [1.54, 1.807) is 0 Å². The number of rotatable bonds is 1. The van der Waals surface area contributed by atoms with Gasteiger partial charge in [-0.2, -0.15) is 0 Å². The Bertz CT molecular complexity index is 275. The Balaban J connectivity index is 3.25. The smallest absolute Gasteiger partial charge is 0.144 e. The lowest BCUT2D eigenvalue weighted by atomic mass is 10.2. The molecule has 60 valence electrons. The summed E-state index contributed by atoms with van der Waals surface area (Å²) in [5.74, 6) is -1.19. The monoisotopic (exact) mass is 240 g/mol. The molecule has 0 radical (unpaired) electrons. The predicted molar refractivity (Wildman–Crippen MR) is 43.6 cm³/mol. The van der Waals surface area contributed by atoms with Crippen molar-refractivity contribution in [2.24, 2.45) is 0 Å². The van der Waals surface area contributed by atoms with E-state index >= 15 is 0 Å². The first kappa shape index (κ1) is 8.94. The van der Waals surface area contributed by atoms with Crippen molar-refractivity contribution in [3.8, 4) is 0 Å². The van der Waals surface area contributed by atoms with Crippen LogP contribution >= 0.6 is 27.5 Å². The van der Waals surface area contributed by atoms with Crippen molar-refractivity contribution < 1.29 is 8.78 Å². The van der Waals surface area contributed by atoms with E-state index in [4.69, 9.17) is 11.6 Å². The predicted octanol–water partition coefficient (Wildman–Crippen LogP) is 3.47. The summed E-state index contributed by atoms with van der Waals surface area (Å²) in [5.41, 5.74) is 0.292. The molecule has 0 saturated carbocycles. The molecular weight excluding hydrogens is 237 g/mol. The van der Waals surface area contributed by atoms with Gasteiger partial charge >= 0.3 is 0 Å². The quantitative estimate of drug-likeness (QED) is 0.522. The molecule has 0 aliphatic carbocycles. The highest BCUT2D eigenvalue weighted by atomic mass is 79.9. The fourth-order valence-electron chi connectivity index (χ4n) is 0.669. The summed E-state index contributed by atoms with van der Waals surface area (Å²) in [6.07, 6.45) is 0. The normalized spacial score (nSPS) is 10.2. The summed E-state index contributed by atoms with van der Waals surface area (Å²) in [4.78, 5) is 0. The number of benzene rings is 1. The van der Waals surface area contributed by atoms with E-state index < -0.39 is 11.6 Å². The summed E-state index contributed by atoms with van der Waals surface area (Å²) >= 11 is 8.14. The third-order valence-corrected chi connectivity index (χ3v) is 2.27. The zero-order valence-electron chi connectivity index (χ0n) is 5.37. The molecular formula is C7H4BrClF2. The Morgan fingerprint density at radius 2 is 2.00 bits per heavy atom. The Morgan fingerprint density at radius 3 is 2.55 bits per heavy atom. The van der Waals surface area contributed by atoms with Crippen LogP contribution in [-0.4, -0.2) is 0 Å². The largest absolute Gasteiger partial charge is 0.206 e. The average Bonchev–Trinajstić information content (AvgIpc) is 2.01. The molecule has 4 heteroatoms. The molecule has 11 heavy (non-hydrogen) atoms. The summed E-state index contributed by atoms with van der Waals surface area (Å²) < 4.78 is 25.3. The minimum Gasteiger partial charge on any atom is -0.206 e. The van der Waals surface area contributed by atoms with Gasteiger partial charge in [-0.15, -0.1) is 11.6 Å². The van der Waals surface area contributed by atoms with E-state index in [2.05, 4.69) is 15.9 Å². The fraction of sp³-hybridized carbons (Fsp3) is 0.143. The van der Waals surface area contributed by atoms with E-state index in [0.717, 1.165) is 0 Å². The van der Waals surface area contributed by atoms with Crippen LogP contribution < -0.4 is 0 Å². The number of halogens is 4. The van der Waals surface area contributed by atoms with E-state index in [1.807, 2.05) is 0 Å². The highest BCUT2D eigenvalue weighted by molar-refractivity contribution is 9.10. The van der Waals surface area contributed by atoms with Gasteiger partial charge in [0.1, 0.15) is 11.6 Å². The Labute approximate surface area is 76.3 Å². The van der Waals surface area contributed by atoms with Crippen LogP contribution in [0.25, 0.3) is 0 Å². The van der Waals surface area contributed by atoms with Crippen LogP contribution in [0.4, 0.5) is 8.78 Å². The molecule has 1 rings (SSSR count). The molecule has 0 fully saturated rings. The van der Waals surface area contributed by atoms with Gasteiger partial charge in [-0.05, 0) is 22.0 Å². The molecule has 1 aromatic carbocycles. The van der Waals surface area contributed by atoms with Crippen molar-refractivity contribution in [3.05, 3.63) is 33.8 Å². The van der Waals surface area contributed by atoms with Crippen molar-refractivity contribution in [3.63, 3.8) is 0 Å². The highest BCUT2D eigenvalue weighted by Gasteiger charge is 2.09. The van der Waals surface area contributed by atoms with Crippen molar-refractivity contribution in [2.75, 3.05) is 0 Å². The number of alkyl halides is 1. The second kappa shape index (κ2) is 3.50. The van der Waals surface area contributed by atoms with Gasteiger partial charge in [0.05, 0.1) is 10.4 Å². The molecule has 0 bridgehead atoms. The van der Waals surface area contributed by atoms with E-state index in [0.29, 0.717) is 5.56 Å². The van der Waals surface area contributed by atoms with E-state index in [1.165, 1.54) is 12.1 Å². The second-order valence-electron chi connectivity index (χ2n) is 1.97. The molecule has 0 aliphatic rings. The van der Waals surface area contributed by atoms with Crippen LogP contribution in [0.1, 0.15) is 5.56 Å². The summed E-state index contributed by atoms with van der Waals surface area (Å²) in [7, 11) is 0. The first-order valence-corrected chi connectivity index (χ1v) is 4.18. The second-order valence-corrected chi connectivity index (χ2v) is 3.03. The van der Waals surface area contributed by atoms with Crippen LogP contribution in [0.3, 0.4) is 0 Å². The first-order chi connectivity index (χ1) is 5.16. The molecule has 0 nitrogen and oxygen atoms in total. The van der Waals surface area contributed by atoms with Gasteiger partial charge in [0.15, 0.2) is 0 Å². The minimum absolute atomic E-state index is 0.0463. The minimum atomic E-state index is -0.625. The molecule has 0 spiro atoms. The van der Waals surface area contributed by atoms with Gasteiger partial charge in [0.2, 0.25) is 0 Å². The highest BCUT2D eigenvalue weighted by Crippen LogP contribution is 2.23. The lowest BCUT2D eigenvalue weighted by Gasteiger charge is -2.00. The zero-order valence-corrected chi connectivity index (χ0v) is 7.72. The van der Waals surface area contributed by atoms with Crippen molar-refractivity contribution >= 4 is 27.5 Å². The number of hydrogen-bond acceptors (Lipinski definition) is 0. The van der Waals surface area contributed by atoms with Gasteiger partial charge in [-0.25, -0.2) is 8.78 Å². The van der Waals surface area contributed by atoms with Gasteiger partial charge < -0.3 is 0 Å². The zero-order chi connectivity index (χ0) is 8.43. The average molecular weight is 241 g/mol. The lowest BCUT2D eigenvalue weighted by Crippen LogP contribution is -1.90. The molecule has 0 saturated heterocycles. The molecule has 0 atom stereocenters. The van der Waals surface area contributed by atoms with Crippen LogP contribution in [0.15, 0.2) is 16.6 Å². The standard InChI is InChI=1S/C7H4BrClF2/c8-6-5(10)2-1-4(3-9)7(6)11/h1-2H,3H2. The van der Waals surface area contributed by atoms with E-state index in [-0.39, 0.29) is 10.4 Å². The molecule has 0 heterocycles. The van der Waals surface area contributed by atoms with E-state index in [9.17, 15) is 8.78 Å². The van der Waals surface area contributed by atoms with Gasteiger partial charge in [-0.3, -0.25) is 0 Å². The maximum Gasteiger partial charge on any atom is 0.144 e. The fourth-order valence-corrected chi connectivity index (χ4v) is 1.26. The Morgan fingerprint density at radius 1 is 1.36 bits per heavy atom. The van der Waals surface area contributed by atoms with Gasteiger partial charge in [0, 0.05) is 5.56 Å². The van der Waals surface area contributed by atoms with Crippen molar-refractivity contribution in [1.29, 1.82) is 0 Å². The van der Waals surface area contributed by atoms with Gasteiger partial charge in [-0.1, -0.05) is 6.07 Å². The molecule has 0 aliphatic heterocycles. The maximum atomic E-state index is 12.9. The molecule has 0 amide bonds. The summed E-state index contributed by atoms with van der Waals surface area (Å²) in [5, 5.41) is 0. The van der Waals surface area contributed by atoms with Crippen LogP contribution in [0.2, 0.25) is 0 Å². The topological polar surface area (TPSA) is 0 Å². The third kappa shape index (κ3) is 1.71. The molecule has 0 aromatic heterocycles. The Kier molecular flexibility index (Phi) is 2.84. The lowest BCUT2D eigenvalue weighted by molar-refractivity contribution is 0.565. The maximum absolute atomic E-state index is 12.9. The van der Waals surface area contributed by atoms with Gasteiger partial charge in [0.25, 0.3) is 0 Å². The summed E-state index contributed by atoms with van der Waals surface area (Å²) in [6, 6.07) is 2.49. The first-order valence-electron chi connectivity index (χ1n) is 2.85. The Hall–Kier alpha value is -0.150. The molecule has 1 aromatic rings. The van der Waals surface area contributed by atoms with Crippen LogP contribution in [0, 0.1) is 11.6 Å². The third-order valence-electron chi connectivity index (χ3n) is 1.26. The van der Waals surface area contributed by atoms with Crippen molar-refractivity contribution in [1.82, 2.24) is 0 Å². The van der Waals surface area contributed by atoms with Crippen molar-refractivity contribution in [2.45, 2.75) is 5.88 Å². The molecule has 0 unspecified atom stereocenters. The SMILES string of the molecule is Fc1ccc(CCl)c(F)c1Br. The number of hydrogen-bond donors (Lipinski definition) is 0. The van der Waals surface area contributed by atoms with Crippen LogP contribution in [0.5, 0.6) is 0 Å². The molecule has 0 N–H and O–H groups in total. The summed E-state index contributed by atoms with van der Waals surface area (Å²) in [6.45, 7) is 0. The van der Waals surface area contributed by atoms with Crippen LogP contribution in [-0.2, 0) is 5.88 Å².